The second-order valence-electron chi connectivity index (χ2n) is 7.77. The standard InChI is InChI=1S/C22H23F2N3O3S2/c1-3-26-20-18(24)12-16(23)13-19(20)31-22(26)25-21(28)15-7-9-17(10-8-15)32(29,30)27-11-5-4-6-14(27)2/h7-10,12-14H,3-6,11H2,1-2H3. The van der Waals surface area contributed by atoms with E-state index < -0.39 is 27.6 Å². The second kappa shape index (κ2) is 8.84. The summed E-state index contributed by atoms with van der Waals surface area (Å²) in [6.45, 7) is 4.51. The number of benzene rings is 2. The number of hydrogen-bond acceptors (Lipinski definition) is 4. The molecule has 1 unspecified atom stereocenters. The molecule has 3 aromatic rings. The van der Waals surface area contributed by atoms with Crippen LogP contribution in [0.5, 0.6) is 0 Å². The lowest BCUT2D eigenvalue weighted by molar-refractivity contribution is 0.0997. The maximum absolute atomic E-state index is 14.3. The molecular weight excluding hydrogens is 456 g/mol. The first kappa shape index (κ1) is 22.8. The van der Waals surface area contributed by atoms with Crippen molar-refractivity contribution in [3.63, 3.8) is 0 Å². The predicted octanol–water partition coefficient (Wildman–Crippen LogP) is 4.31. The highest BCUT2D eigenvalue weighted by atomic mass is 32.2. The topological polar surface area (TPSA) is 71.7 Å². The van der Waals surface area contributed by atoms with Crippen molar-refractivity contribution in [1.29, 1.82) is 0 Å². The lowest BCUT2D eigenvalue weighted by Crippen LogP contribution is -2.41. The zero-order chi connectivity index (χ0) is 23.0. The summed E-state index contributed by atoms with van der Waals surface area (Å²) in [5.74, 6) is -2.00. The van der Waals surface area contributed by atoms with E-state index in [2.05, 4.69) is 4.99 Å². The van der Waals surface area contributed by atoms with Crippen LogP contribution in [0.4, 0.5) is 8.78 Å². The molecule has 0 radical (unpaired) electrons. The number of rotatable bonds is 4. The van der Waals surface area contributed by atoms with Crippen molar-refractivity contribution >= 4 is 37.5 Å². The van der Waals surface area contributed by atoms with E-state index >= 15 is 0 Å². The summed E-state index contributed by atoms with van der Waals surface area (Å²) in [4.78, 5) is 17.2. The van der Waals surface area contributed by atoms with Crippen molar-refractivity contribution in [1.82, 2.24) is 8.87 Å². The molecule has 1 aliphatic rings. The lowest BCUT2D eigenvalue weighted by atomic mass is 10.1. The zero-order valence-corrected chi connectivity index (χ0v) is 19.3. The molecule has 1 saturated heterocycles. The van der Waals surface area contributed by atoms with Gasteiger partial charge in [-0.3, -0.25) is 4.79 Å². The summed E-state index contributed by atoms with van der Waals surface area (Å²) in [5, 5.41) is 0. The summed E-state index contributed by atoms with van der Waals surface area (Å²) in [6, 6.07) is 7.62. The number of sulfonamides is 1. The van der Waals surface area contributed by atoms with Crippen LogP contribution in [0.2, 0.25) is 0 Å². The number of fused-ring (bicyclic) bond motifs is 1. The first-order valence-electron chi connectivity index (χ1n) is 10.4. The summed E-state index contributed by atoms with van der Waals surface area (Å²) in [7, 11) is -3.64. The normalized spacial score (nSPS) is 18.4. The molecule has 1 fully saturated rings. The third-order valence-corrected chi connectivity index (χ3v) is 8.71. The Morgan fingerprint density at radius 1 is 1.19 bits per heavy atom. The van der Waals surface area contributed by atoms with Crippen molar-refractivity contribution in [2.24, 2.45) is 4.99 Å². The van der Waals surface area contributed by atoms with E-state index in [1.54, 1.807) is 6.92 Å². The van der Waals surface area contributed by atoms with Gasteiger partial charge in [0.15, 0.2) is 10.6 Å². The summed E-state index contributed by atoms with van der Waals surface area (Å²) in [5.41, 5.74) is 0.407. The second-order valence-corrected chi connectivity index (χ2v) is 10.7. The number of carbonyl (C=O) groups excluding carboxylic acids is 1. The maximum Gasteiger partial charge on any atom is 0.279 e. The molecule has 4 rings (SSSR count). The third kappa shape index (κ3) is 4.14. The molecule has 32 heavy (non-hydrogen) atoms. The monoisotopic (exact) mass is 479 g/mol. The molecule has 1 aliphatic heterocycles. The molecule has 6 nitrogen and oxygen atoms in total. The minimum absolute atomic E-state index is 0.0623. The number of carbonyl (C=O) groups is 1. The van der Waals surface area contributed by atoms with E-state index in [-0.39, 0.29) is 26.8 Å². The Balaban J connectivity index is 1.67. The summed E-state index contributed by atoms with van der Waals surface area (Å²) in [6.07, 6.45) is 2.66. The minimum Gasteiger partial charge on any atom is -0.314 e. The van der Waals surface area contributed by atoms with Crippen molar-refractivity contribution in [2.45, 2.75) is 50.6 Å². The quantitative estimate of drug-likeness (QED) is 0.560. The van der Waals surface area contributed by atoms with Crippen LogP contribution in [0.15, 0.2) is 46.3 Å². The van der Waals surface area contributed by atoms with Crippen LogP contribution in [0.25, 0.3) is 10.2 Å². The van der Waals surface area contributed by atoms with Crippen molar-refractivity contribution in [2.75, 3.05) is 6.54 Å². The van der Waals surface area contributed by atoms with Crippen LogP contribution in [-0.4, -0.2) is 35.8 Å². The smallest absolute Gasteiger partial charge is 0.279 e. The van der Waals surface area contributed by atoms with Crippen LogP contribution in [0.1, 0.15) is 43.5 Å². The SMILES string of the molecule is CCn1c(=NC(=O)c2ccc(S(=O)(=O)N3CCCCC3C)cc2)sc2cc(F)cc(F)c21. The van der Waals surface area contributed by atoms with Gasteiger partial charge >= 0.3 is 0 Å². The van der Waals surface area contributed by atoms with Crippen LogP contribution in [0, 0.1) is 11.6 Å². The number of halogens is 2. The van der Waals surface area contributed by atoms with E-state index in [1.165, 1.54) is 39.2 Å². The van der Waals surface area contributed by atoms with E-state index in [9.17, 15) is 22.0 Å². The number of aryl methyl sites for hydroxylation is 1. The average Bonchev–Trinajstić information content (AvgIpc) is 3.11. The lowest BCUT2D eigenvalue weighted by Gasteiger charge is -2.32. The Kier molecular flexibility index (Phi) is 6.28. The first-order chi connectivity index (χ1) is 15.2. The fraction of sp³-hybridized carbons (Fsp3) is 0.364. The van der Waals surface area contributed by atoms with Crippen LogP contribution in [-0.2, 0) is 16.6 Å². The van der Waals surface area contributed by atoms with E-state index in [0.29, 0.717) is 17.8 Å². The van der Waals surface area contributed by atoms with Gasteiger partial charge in [0.05, 0.1) is 15.1 Å². The number of amides is 1. The fourth-order valence-electron chi connectivity index (χ4n) is 3.99. The Morgan fingerprint density at radius 3 is 2.56 bits per heavy atom. The number of hydrogen-bond donors (Lipinski definition) is 0. The van der Waals surface area contributed by atoms with Gasteiger partial charge in [-0.1, -0.05) is 17.8 Å². The molecule has 0 aliphatic carbocycles. The number of nitrogens with zero attached hydrogens (tertiary/aromatic N) is 3. The zero-order valence-electron chi connectivity index (χ0n) is 17.7. The maximum atomic E-state index is 14.3. The van der Waals surface area contributed by atoms with Crippen molar-refractivity contribution in [3.8, 4) is 0 Å². The van der Waals surface area contributed by atoms with Gasteiger partial charge in [-0.15, -0.1) is 0 Å². The van der Waals surface area contributed by atoms with Gasteiger partial charge in [-0.05, 0) is 57.0 Å². The molecule has 170 valence electrons. The molecule has 0 N–H and O–H groups in total. The van der Waals surface area contributed by atoms with Crippen molar-refractivity contribution in [3.05, 3.63) is 58.4 Å². The highest BCUT2D eigenvalue weighted by Crippen LogP contribution is 2.26. The van der Waals surface area contributed by atoms with Crippen LogP contribution >= 0.6 is 11.3 Å². The summed E-state index contributed by atoms with van der Waals surface area (Å²) >= 11 is 1.02. The van der Waals surface area contributed by atoms with E-state index in [4.69, 9.17) is 0 Å². The Hall–Kier alpha value is -2.43. The van der Waals surface area contributed by atoms with Crippen LogP contribution < -0.4 is 4.80 Å². The molecule has 1 atom stereocenters. The number of thiazole rings is 1. The summed E-state index contributed by atoms with van der Waals surface area (Å²) < 4.78 is 57.1. The van der Waals surface area contributed by atoms with Gasteiger partial charge in [-0.25, -0.2) is 17.2 Å². The molecule has 0 bridgehead atoms. The molecular formula is C22H23F2N3O3S2. The Morgan fingerprint density at radius 2 is 1.91 bits per heavy atom. The van der Waals surface area contributed by atoms with Gasteiger partial charge < -0.3 is 4.57 Å². The van der Waals surface area contributed by atoms with Crippen molar-refractivity contribution < 1.29 is 22.0 Å². The van der Waals surface area contributed by atoms with Gasteiger partial charge in [0.1, 0.15) is 5.82 Å². The van der Waals surface area contributed by atoms with Gasteiger partial charge in [0.2, 0.25) is 10.0 Å². The molecule has 0 saturated carbocycles. The van der Waals surface area contributed by atoms with E-state index in [0.717, 1.165) is 36.7 Å². The molecule has 0 spiro atoms. The highest BCUT2D eigenvalue weighted by molar-refractivity contribution is 7.89. The largest absolute Gasteiger partial charge is 0.314 e. The van der Waals surface area contributed by atoms with Gasteiger partial charge in [0.25, 0.3) is 5.91 Å². The molecule has 1 aromatic heterocycles. The van der Waals surface area contributed by atoms with Gasteiger partial charge in [-0.2, -0.15) is 9.30 Å². The fourth-order valence-corrected chi connectivity index (χ4v) is 6.82. The van der Waals surface area contributed by atoms with E-state index in [1.807, 2.05) is 6.92 Å². The Bertz CT molecular complexity index is 1350. The molecule has 1 amide bonds. The molecule has 10 heteroatoms. The minimum atomic E-state index is -3.64. The highest BCUT2D eigenvalue weighted by Gasteiger charge is 2.30. The predicted molar refractivity (Wildman–Crippen MR) is 119 cm³/mol. The average molecular weight is 480 g/mol. The van der Waals surface area contributed by atoms with Gasteiger partial charge in [0, 0.05) is 30.8 Å². The first-order valence-corrected chi connectivity index (χ1v) is 12.7. The molecule has 2 aromatic carbocycles. The third-order valence-electron chi connectivity index (χ3n) is 5.66. The number of aromatic nitrogens is 1. The Labute approximate surface area is 188 Å². The van der Waals surface area contributed by atoms with Crippen LogP contribution in [0.3, 0.4) is 0 Å². The molecule has 2 heterocycles. The number of piperidine rings is 1.